The lowest BCUT2D eigenvalue weighted by Gasteiger charge is -2.25. The Balaban J connectivity index is 5.46. The molecule has 0 saturated heterocycles. The minimum atomic E-state index is -1.21. The fourth-order valence-electron chi connectivity index (χ4n) is 3.28. The van der Waals surface area contributed by atoms with Crippen molar-refractivity contribution >= 4 is 35.6 Å². The number of unbranched alkanes of at least 4 members (excludes halogenated alkanes) is 1. The van der Waals surface area contributed by atoms with Crippen LogP contribution >= 0.6 is 0 Å². The van der Waals surface area contributed by atoms with Crippen LogP contribution in [0.1, 0.15) is 59.8 Å². The Morgan fingerprint density at radius 3 is 1.76 bits per heavy atom. The van der Waals surface area contributed by atoms with Gasteiger partial charge < -0.3 is 49.3 Å². The molecule has 13 N–H and O–H groups in total. The summed E-state index contributed by atoms with van der Waals surface area (Å²) in [4.78, 5) is 66.0. The Hall–Kier alpha value is -3.46. The molecule has 15 nitrogen and oxygen atoms in total. The number of carboxylic acid groups (broad SMARTS) is 1. The van der Waals surface area contributed by atoms with E-state index in [9.17, 15) is 29.1 Å². The number of nitrogens with zero attached hydrogens (tertiary/aromatic N) is 1. The maximum absolute atomic E-state index is 12.9. The number of aliphatic imine (C=N–C) groups is 1. The third kappa shape index (κ3) is 13.7. The van der Waals surface area contributed by atoms with Crippen molar-refractivity contribution in [2.45, 2.75) is 90.0 Å². The van der Waals surface area contributed by atoms with Crippen LogP contribution in [0.15, 0.2) is 4.99 Å². The molecule has 0 aromatic heterocycles. The minimum absolute atomic E-state index is 0.103. The van der Waals surface area contributed by atoms with Crippen LogP contribution < -0.4 is 44.2 Å². The number of rotatable bonds is 18. The Labute approximate surface area is 223 Å². The van der Waals surface area contributed by atoms with Gasteiger partial charge >= 0.3 is 5.97 Å². The second-order valence-corrected chi connectivity index (χ2v) is 9.44. The number of hydrogen-bond donors (Lipinski definition) is 9. The molecule has 5 atom stereocenters. The lowest BCUT2D eigenvalue weighted by Crippen LogP contribution is -2.58. The highest BCUT2D eigenvalue weighted by atomic mass is 16.4. The van der Waals surface area contributed by atoms with Gasteiger partial charge in [0.1, 0.15) is 24.2 Å². The van der Waals surface area contributed by atoms with Crippen LogP contribution in [-0.2, 0) is 24.0 Å². The Morgan fingerprint density at radius 1 is 0.763 bits per heavy atom. The van der Waals surface area contributed by atoms with Gasteiger partial charge in [-0.3, -0.25) is 24.2 Å². The molecule has 218 valence electrons. The van der Waals surface area contributed by atoms with Crippen molar-refractivity contribution in [2.75, 3.05) is 13.1 Å². The van der Waals surface area contributed by atoms with E-state index in [1.165, 1.54) is 13.8 Å². The molecular weight excluding hydrogens is 498 g/mol. The molecule has 4 amide bonds. The van der Waals surface area contributed by atoms with Gasteiger partial charge in [-0.15, -0.1) is 0 Å². The molecular formula is C23H45N9O6. The summed E-state index contributed by atoms with van der Waals surface area (Å²) in [5.74, 6) is -4.26. The summed E-state index contributed by atoms with van der Waals surface area (Å²) in [5, 5.41) is 19.5. The van der Waals surface area contributed by atoms with Gasteiger partial charge in [0.25, 0.3) is 0 Å². The number of hydrogen-bond acceptors (Lipinski definition) is 8. The average molecular weight is 544 g/mol. The van der Waals surface area contributed by atoms with E-state index < -0.39 is 65.7 Å². The second-order valence-electron chi connectivity index (χ2n) is 9.44. The molecule has 0 saturated carbocycles. The Kier molecular flexibility index (Phi) is 16.3. The van der Waals surface area contributed by atoms with Crippen LogP contribution in [0.25, 0.3) is 0 Å². The number of guanidine groups is 1. The Bertz CT molecular complexity index is 830. The molecule has 5 unspecified atom stereocenters. The summed E-state index contributed by atoms with van der Waals surface area (Å²) in [7, 11) is 0. The predicted molar refractivity (Wildman–Crippen MR) is 142 cm³/mol. The minimum Gasteiger partial charge on any atom is -0.480 e. The molecule has 38 heavy (non-hydrogen) atoms. The molecule has 0 aliphatic carbocycles. The van der Waals surface area contributed by atoms with Crippen molar-refractivity contribution in [3.05, 3.63) is 0 Å². The predicted octanol–water partition coefficient (Wildman–Crippen LogP) is -2.78. The fourth-order valence-corrected chi connectivity index (χ4v) is 3.28. The van der Waals surface area contributed by atoms with E-state index in [1.54, 1.807) is 13.8 Å². The van der Waals surface area contributed by atoms with Crippen LogP contribution in [0.4, 0.5) is 0 Å². The van der Waals surface area contributed by atoms with E-state index in [4.69, 9.17) is 22.9 Å². The number of carbonyl (C=O) groups excluding carboxylic acids is 4. The maximum atomic E-state index is 12.9. The third-order valence-electron chi connectivity index (χ3n) is 5.55. The standard InChI is InChI=1S/C23H45N9O6/c1-12(2)17(22(37)38)32-21(36)16(9-7-11-28-23(26)27)31-19(34)14(4)29-20(35)15(8-5-6-10-24)30-18(33)13(3)25/h12-17H,5-11,24-25H2,1-4H3,(H,29,35)(H,30,33)(H,31,34)(H,32,36)(H,37,38)(H4,26,27,28). The lowest BCUT2D eigenvalue weighted by molar-refractivity contribution is -0.143. The molecule has 0 rings (SSSR count). The average Bonchev–Trinajstić information content (AvgIpc) is 2.82. The van der Waals surface area contributed by atoms with Gasteiger partial charge in [0.05, 0.1) is 6.04 Å². The molecule has 15 heteroatoms. The number of aliphatic carboxylic acids is 1. The van der Waals surface area contributed by atoms with Gasteiger partial charge in [-0.25, -0.2) is 4.79 Å². The van der Waals surface area contributed by atoms with E-state index in [-0.39, 0.29) is 25.3 Å². The summed E-state index contributed by atoms with van der Waals surface area (Å²) >= 11 is 0. The monoisotopic (exact) mass is 543 g/mol. The van der Waals surface area contributed by atoms with Crippen molar-refractivity contribution in [2.24, 2.45) is 33.8 Å². The molecule has 0 bridgehead atoms. The number of amides is 4. The third-order valence-corrected chi connectivity index (χ3v) is 5.55. The number of carboxylic acids is 1. The highest BCUT2D eigenvalue weighted by Crippen LogP contribution is 2.06. The zero-order valence-electron chi connectivity index (χ0n) is 22.7. The van der Waals surface area contributed by atoms with Crippen LogP contribution in [-0.4, -0.2) is 84.0 Å². The van der Waals surface area contributed by atoms with Crippen LogP contribution in [0.3, 0.4) is 0 Å². The summed E-state index contributed by atoms with van der Waals surface area (Å²) < 4.78 is 0. The molecule has 0 heterocycles. The first-order valence-electron chi connectivity index (χ1n) is 12.7. The summed E-state index contributed by atoms with van der Waals surface area (Å²) in [6.07, 6.45) is 1.90. The van der Waals surface area contributed by atoms with E-state index in [0.29, 0.717) is 25.8 Å². The Morgan fingerprint density at radius 2 is 1.29 bits per heavy atom. The molecule has 0 aromatic rings. The second kappa shape index (κ2) is 17.9. The van der Waals surface area contributed by atoms with Crippen LogP contribution in [0.2, 0.25) is 0 Å². The smallest absolute Gasteiger partial charge is 0.326 e. The van der Waals surface area contributed by atoms with Crippen molar-refractivity contribution in [1.29, 1.82) is 0 Å². The van der Waals surface area contributed by atoms with E-state index in [1.807, 2.05) is 0 Å². The number of nitrogens with two attached hydrogens (primary N) is 4. The number of nitrogens with one attached hydrogen (secondary N) is 4. The molecule has 0 aromatic carbocycles. The fraction of sp³-hybridized carbons (Fsp3) is 0.739. The summed E-state index contributed by atoms with van der Waals surface area (Å²) in [6.45, 7) is 6.77. The largest absolute Gasteiger partial charge is 0.480 e. The van der Waals surface area contributed by atoms with Crippen LogP contribution in [0, 0.1) is 5.92 Å². The highest BCUT2D eigenvalue weighted by molar-refractivity contribution is 5.95. The van der Waals surface area contributed by atoms with Gasteiger partial charge in [-0.05, 0) is 58.4 Å². The van der Waals surface area contributed by atoms with E-state index in [2.05, 4.69) is 26.3 Å². The SMILES string of the molecule is CC(N)C(=O)NC(CCCCN)C(=O)NC(C)C(=O)NC(CCCN=C(N)N)C(=O)NC(C(=O)O)C(C)C. The van der Waals surface area contributed by atoms with Gasteiger partial charge in [0.2, 0.25) is 23.6 Å². The number of carbonyl (C=O) groups is 5. The van der Waals surface area contributed by atoms with Gasteiger partial charge in [0, 0.05) is 6.54 Å². The van der Waals surface area contributed by atoms with Gasteiger partial charge in [-0.2, -0.15) is 0 Å². The highest BCUT2D eigenvalue weighted by Gasteiger charge is 2.30. The quantitative estimate of drug-likeness (QED) is 0.0487. The van der Waals surface area contributed by atoms with E-state index in [0.717, 1.165) is 0 Å². The normalized spacial score (nSPS) is 14.8. The lowest BCUT2D eigenvalue weighted by atomic mass is 10.0. The molecule has 0 fully saturated rings. The topological polar surface area (TPSA) is 270 Å². The van der Waals surface area contributed by atoms with Crippen molar-refractivity contribution in [3.8, 4) is 0 Å². The molecule has 0 aliphatic heterocycles. The van der Waals surface area contributed by atoms with Crippen molar-refractivity contribution < 1.29 is 29.1 Å². The zero-order chi connectivity index (χ0) is 29.4. The summed E-state index contributed by atoms with van der Waals surface area (Å²) in [5.41, 5.74) is 21.7. The van der Waals surface area contributed by atoms with Gasteiger partial charge in [-0.1, -0.05) is 13.8 Å². The zero-order valence-corrected chi connectivity index (χ0v) is 22.7. The van der Waals surface area contributed by atoms with Crippen molar-refractivity contribution in [3.63, 3.8) is 0 Å². The molecule has 0 radical (unpaired) electrons. The molecule has 0 spiro atoms. The van der Waals surface area contributed by atoms with E-state index >= 15 is 0 Å². The first-order valence-corrected chi connectivity index (χ1v) is 12.7. The van der Waals surface area contributed by atoms with Crippen LogP contribution in [0.5, 0.6) is 0 Å². The summed E-state index contributed by atoms with van der Waals surface area (Å²) in [6, 6.07) is -5.13. The van der Waals surface area contributed by atoms with Crippen molar-refractivity contribution in [1.82, 2.24) is 21.3 Å². The first-order chi connectivity index (χ1) is 17.7. The maximum Gasteiger partial charge on any atom is 0.326 e. The molecule has 0 aliphatic rings. The van der Waals surface area contributed by atoms with Gasteiger partial charge in [0.15, 0.2) is 5.96 Å². The first kappa shape index (κ1) is 34.5.